The molecular formula is C15H27N3S. The number of hydrogen-bond acceptors (Lipinski definition) is 4. The maximum atomic E-state index is 4.57. The van der Waals surface area contributed by atoms with E-state index < -0.39 is 0 Å². The van der Waals surface area contributed by atoms with Gasteiger partial charge in [0.2, 0.25) is 0 Å². The zero-order valence-corrected chi connectivity index (χ0v) is 13.6. The summed E-state index contributed by atoms with van der Waals surface area (Å²) in [6, 6.07) is 1.63. The second kappa shape index (κ2) is 6.33. The molecule has 0 spiro atoms. The largest absolute Gasteiger partial charge is 0.311 e. The average Bonchev–Trinajstić information content (AvgIpc) is 2.84. The smallest absolute Gasteiger partial charge is 0.110 e. The van der Waals surface area contributed by atoms with Gasteiger partial charge in [-0.15, -0.1) is 11.3 Å². The van der Waals surface area contributed by atoms with Crippen LogP contribution in [0.15, 0.2) is 6.20 Å². The Morgan fingerprint density at radius 1 is 1.53 bits per heavy atom. The number of nitrogens with zero attached hydrogens (tertiary/aromatic N) is 2. The first-order chi connectivity index (χ1) is 9.02. The standard InChI is InChI=1S/C15H27N3S/c1-6-10(2)14-9-18(11(3)7-16-14)13(5)15-17-8-12(4)19-15/h8,10-11,13-14,16H,6-7,9H2,1-5H3. The first kappa shape index (κ1) is 14.9. The number of piperazine rings is 1. The Kier molecular flexibility index (Phi) is 4.98. The van der Waals surface area contributed by atoms with Gasteiger partial charge in [0.25, 0.3) is 0 Å². The fourth-order valence-electron chi connectivity index (χ4n) is 2.82. The number of hydrogen-bond donors (Lipinski definition) is 1. The minimum Gasteiger partial charge on any atom is -0.311 e. The zero-order chi connectivity index (χ0) is 14.0. The van der Waals surface area contributed by atoms with Crippen LogP contribution in [-0.4, -0.2) is 35.1 Å². The highest BCUT2D eigenvalue weighted by atomic mass is 32.1. The molecule has 0 saturated carbocycles. The third kappa shape index (κ3) is 3.36. The van der Waals surface area contributed by atoms with E-state index in [9.17, 15) is 0 Å². The van der Waals surface area contributed by atoms with Crippen molar-refractivity contribution in [1.82, 2.24) is 15.2 Å². The molecule has 0 radical (unpaired) electrons. The van der Waals surface area contributed by atoms with Crippen molar-refractivity contribution in [1.29, 1.82) is 0 Å². The van der Waals surface area contributed by atoms with Crippen molar-refractivity contribution < 1.29 is 0 Å². The summed E-state index contributed by atoms with van der Waals surface area (Å²) < 4.78 is 0. The van der Waals surface area contributed by atoms with E-state index in [0.29, 0.717) is 18.1 Å². The van der Waals surface area contributed by atoms with Gasteiger partial charge in [-0.05, 0) is 26.7 Å². The fourth-order valence-corrected chi connectivity index (χ4v) is 3.67. The summed E-state index contributed by atoms with van der Waals surface area (Å²) in [4.78, 5) is 8.50. The Morgan fingerprint density at radius 2 is 2.26 bits per heavy atom. The molecule has 2 rings (SSSR count). The summed E-state index contributed by atoms with van der Waals surface area (Å²) in [7, 11) is 0. The molecule has 3 nitrogen and oxygen atoms in total. The van der Waals surface area contributed by atoms with Crippen LogP contribution in [0.25, 0.3) is 0 Å². The van der Waals surface area contributed by atoms with Gasteiger partial charge in [-0.25, -0.2) is 4.98 Å². The minimum atomic E-state index is 0.433. The molecule has 0 bridgehead atoms. The van der Waals surface area contributed by atoms with Gasteiger partial charge in [0.15, 0.2) is 0 Å². The van der Waals surface area contributed by atoms with Crippen LogP contribution in [0.1, 0.15) is 50.0 Å². The highest BCUT2D eigenvalue weighted by molar-refractivity contribution is 7.11. The molecule has 4 atom stereocenters. The maximum Gasteiger partial charge on any atom is 0.110 e. The summed E-state index contributed by atoms with van der Waals surface area (Å²) in [6.07, 6.45) is 3.24. The van der Waals surface area contributed by atoms with Crippen LogP contribution in [0.3, 0.4) is 0 Å². The molecular weight excluding hydrogens is 254 g/mol. The molecule has 4 heteroatoms. The quantitative estimate of drug-likeness (QED) is 0.918. The van der Waals surface area contributed by atoms with Gasteiger partial charge >= 0.3 is 0 Å². The summed E-state index contributed by atoms with van der Waals surface area (Å²) >= 11 is 1.83. The lowest BCUT2D eigenvalue weighted by Crippen LogP contribution is -2.57. The molecule has 1 N–H and O–H groups in total. The van der Waals surface area contributed by atoms with E-state index in [1.165, 1.54) is 16.3 Å². The molecule has 0 aliphatic carbocycles. The molecule has 1 aromatic heterocycles. The van der Waals surface area contributed by atoms with Crippen LogP contribution >= 0.6 is 11.3 Å². The lowest BCUT2D eigenvalue weighted by Gasteiger charge is -2.43. The van der Waals surface area contributed by atoms with Crippen molar-refractivity contribution >= 4 is 11.3 Å². The fraction of sp³-hybridized carbons (Fsp3) is 0.800. The first-order valence-electron chi connectivity index (χ1n) is 7.44. The van der Waals surface area contributed by atoms with Gasteiger partial charge in [-0.2, -0.15) is 0 Å². The lowest BCUT2D eigenvalue weighted by molar-refractivity contribution is 0.0818. The Balaban J connectivity index is 2.08. The van der Waals surface area contributed by atoms with E-state index in [-0.39, 0.29) is 0 Å². The van der Waals surface area contributed by atoms with Gasteiger partial charge in [-0.3, -0.25) is 4.90 Å². The van der Waals surface area contributed by atoms with E-state index in [1.54, 1.807) is 0 Å². The van der Waals surface area contributed by atoms with Crippen LogP contribution in [0.4, 0.5) is 0 Å². The van der Waals surface area contributed by atoms with Crippen LogP contribution in [-0.2, 0) is 0 Å². The molecule has 2 heterocycles. The molecule has 0 aromatic carbocycles. The van der Waals surface area contributed by atoms with E-state index in [1.807, 2.05) is 17.5 Å². The third-order valence-corrected chi connectivity index (χ3v) is 5.56. The predicted octanol–water partition coefficient (Wildman–Crippen LogP) is 3.22. The number of nitrogens with one attached hydrogen (secondary N) is 1. The Morgan fingerprint density at radius 3 is 2.84 bits per heavy atom. The Bertz CT molecular complexity index is 404. The second-order valence-electron chi connectivity index (χ2n) is 5.93. The van der Waals surface area contributed by atoms with Crippen LogP contribution in [0.5, 0.6) is 0 Å². The van der Waals surface area contributed by atoms with Gasteiger partial charge < -0.3 is 5.32 Å². The average molecular weight is 281 g/mol. The number of thiazole rings is 1. The van der Waals surface area contributed by atoms with E-state index in [4.69, 9.17) is 0 Å². The molecule has 1 aliphatic rings. The number of rotatable bonds is 4. The highest BCUT2D eigenvalue weighted by Crippen LogP contribution is 2.28. The summed E-state index contributed by atoms with van der Waals surface area (Å²) in [5, 5.41) is 4.96. The van der Waals surface area contributed by atoms with Crippen LogP contribution < -0.4 is 5.32 Å². The molecule has 1 fully saturated rings. The topological polar surface area (TPSA) is 28.2 Å². The molecule has 19 heavy (non-hydrogen) atoms. The molecule has 1 aliphatic heterocycles. The van der Waals surface area contributed by atoms with Crippen molar-refractivity contribution in [3.05, 3.63) is 16.1 Å². The summed E-state index contributed by atoms with van der Waals surface area (Å²) in [5.41, 5.74) is 0. The minimum absolute atomic E-state index is 0.433. The maximum absolute atomic E-state index is 4.57. The van der Waals surface area contributed by atoms with Crippen molar-refractivity contribution in [3.8, 4) is 0 Å². The summed E-state index contributed by atoms with van der Waals surface area (Å²) in [5.74, 6) is 0.736. The van der Waals surface area contributed by atoms with E-state index in [0.717, 1.165) is 19.0 Å². The number of aromatic nitrogens is 1. The van der Waals surface area contributed by atoms with Gasteiger partial charge in [0.1, 0.15) is 5.01 Å². The van der Waals surface area contributed by atoms with E-state index >= 15 is 0 Å². The zero-order valence-electron chi connectivity index (χ0n) is 12.8. The van der Waals surface area contributed by atoms with Crippen LogP contribution in [0.2, 0.25) is 0 Å². The third-order valence-electron chi connectivity index (χ3n) is 4.47. The number of aryl methyl sites for hydroxylation is 1. The van der Waals surface area contributed by atoms with Crippen molar-refractivity contribution in [3.63, 3.8) is 0 Å². The molecule has 1 aromatic rings. The molecule has 108 valence electrons. The van der Waals surface area contributed by atoms with E-state index in [2.05, 4.69) is 49.8 Å². The first-order valence-corrected chi connectivity index (χ1v) is 8.26. The Labute approximate surface area is 121 Å². The molecule has 1 saturated heterocycles. The van der Waals surface area contributed by atoms with Gasteiger partial charge in [0.05, 0.1) is 6.04 Å². The lowest BCUT2D eigenvalue weighted by atomic mass is 9.95. The van der Waals surface area contributed by atoms with Gasteiger partial charge in [-0.1, -0.05) is 20.3 Å². The normalized spacial score (nSPS) is 28.3. The second-order valence-corrected chi connectivity index (χ2v) is 7.20. The highest BCUT2D eigenvalue weighted by Gasteiger charge is 2.31. The molecule has 0 amide bonds. The Hall–Kier alpha value is -0.450. The van der Waals surface area contributed by atoms with Gasteiger partial charge in [0, 0.05) is 36.2 Å². The van der Waals surface area contributed by atoms with Crippen molar-refractivity contribution in [2.75, 3.05) is 13.1 Å². The van der Waals surface area contributed by atoms with Crippen molar-refractivity contribution in [2.45, 2.75) is 59.2 Å². The predicted molar refractivity (Wildman–Crippen MR) is 82.7 cm³/mol. The summed E-state index contributed by atoms with van der Waals surface area (Å²) in [6.45, 7) is 13.6. The molecule has 4 unspecified atom stereocenters. The monoisotopic (exact) mass is 281 g/mol. The SMILES string of the molecule is CCC(C)C1CN(C(C)c2ncc(C)s2)C(C)CN1. The van der Waals surface area contributed by atoms with Crippen LogP contribution in [0, 0.1) is 12.8 Å². The van der Waals surface area contributed by atoms with Crippen molar-refractivity contribution in [2.24, 2.45) is 5.92 Å².